The average molecular weight is 504 g/mol. The molecule has 9 heteroatoms. The van der Waals surface area contributed by atoms with Crippen molar-refractivity contribution in [3.8, 4) is 0 Å². The Kier molecular flexibility index (Phi) is 6.48. The molecule has 2 aromatic carbocycles. The quantitative estimate of drug-likeness (QED) is 0.456. The Bertz CT molecular complexity index is 1330. The molecule has 0 fully saturated rings. The predicted molar refractivity (Wildman–Crippen MR) is 130 cm³/mol. The number of hydrogen-bond acceptors (Lipinski definition) is 5. The summed E-state index contributed by atoms with van der Waals surface area (Å²) in [5.74, 6) is -1.43. The summed E-state index contributed by atoms with van der Waals surface area (Å²) in [6.07, 6.45) is 0.551. The summed E-state index contributed by atoms with van der Waals surface area (Å²) >= 11 is 8.09. The molecule has 0 unspecified atom stereocenters. The monoisotopic (exact) mass is 503 g/mol. The van der Waals surface area contributed by atoms with Crippen LogP contribution in [-0.2, 0) is 33.4 Å². The van der Waals surface area contributed by atoms with E-state index in [4.69, 9.17) is 11.6 Å². The molecule has 0 spiro atoms. The van der Waals surface area contributed by atoms with Crippen molar-refractivity contribution >= 4 is 44.6 Å². The zero-order valence-electron chi connectivity index (χ0n) is 17.7. The number of benzene rings is 2. The SMILES string of the molecule is CC(=C([C@@](C(=O)O)(c1ccccc1Cl)N1CCc2sccc2C1)S(=O)(=O)O)c1ccccc1. The van der Waals surface area contributed by atoms with Crippen LogP contribution in [0.4, 0.5) is 0 Å². The molecule has 0 radical (unpaired) electrons. The number of aliphatic carboxylic acids is 1. The lowest BCUT2D eigenvalue weighted by Crippen LogP contribution is -2.56. The molecule has 2 heterocycles. The maximum atomic E-state index is 13.2. The summed E-state index contributed by atoms with van der Waals surface area (Å²) in [5, 5.41) is 12.8. The Morgan fingerprint density at radius 1 is 1.09 bits per heavy atom. The molecule has 1 aliphatic heterocycles. The highest BCUT2D eigenvalue weighted by molar-refractivity contribution is 7.90. The summed E-state index contributed by atoms with van der Waals surface area (Å²) in [6, 6.07) is 16.7. The molecule has 0 amide bonds. The second-order valence-electron chi connectivity index (χ2n) is 7.83. The number of carboxylic acid groups (broad SMARTS) is 1. The Labute approximate surface area is 201 Å². The molecule has 2 N–H and O–H groups in total. The van der Waals surface area contributed by atoms with Gasteiger partial charge in [-0.2, -0.15) is 8.42 Å². The Morgan fingerprint density at radius 3 is 2.39 bits per heavy atom. The summed E-state index contributed by atoms with van der Waals surface area (Å²) in [7, 11) is -4.99. The molecule has 1 atom stereocenters. The Morgan fingerprint density at radius 2 is 1.76 bits per heavy atom. The first-order valence-corrected chi connectivity index (χ1v) is 12.9. The van der Waals surface area contributed by atoms with Crippen molar-refractivity contribution in [1.82, 2.24) is 4.90 Å². The maximum absolute atomic E-state index is 13.2. The number of fused-ring (bicyclic) bond motifs is 1. The number of carboxylic acids is 1. The fourth-order valence-electron chi connectivity index (χ4n) is 4.54. The van der Waals surface area contributed by atoms with Gasteiger partial charge >= 0.3 is 5.97 Å². The normalized spacial score (nSPS) is 17.1. The molecule has 33 heavy (non-hydrogen) atoms. The van der Waals surface area contributed by atoms with Gasteiger partial charge < -0.3 is 5.11 Å². The van der Waals surface area contributed by atoms with E-state index >= 15 is 0 Å². The summed E-state index contributed by atoms with van der Waals surface area (Å²) in [4.78, 5) is 15.3. The van der Waals surface area contributed by atoms with E-state index in [1.807, 2.05) is 11.4 Å². The van der Waals surface area contributed by atoms with Crippen LogP contribution in [0.1, 0.15) is 28.5 Å². The second-order valence-corrected chi connectivity index (χ2v) is 10.6. The van der Waals surface area contributed by atoms with Gasteiger partial charge in [-0.3, -0.25) is 9.45 Å². The highest BCUT2D eigenvalue weighted by Crippen LogP contribution is 2.47. The van der Waals surface area contributed by atoms with Gasteiger partial charge in [0.1, 0.15) is 4.91 Å². The van der Waals surface area contributed by atoms with Crippen LogP contribution < -0.4 is 0 Å². The number of nitrogens with zero attached hydrogens (tertiary/aromatic N) is 1. The molecule has 1 aliphatic rings. The lowest BCUT2D eigenvalue weighted by atomic mass is 9.83. The summed E-state index contributed by atoms with van der Waals surface area (Å²) in [5.41, 5.74) is -0.616. The number of allylic oxidation sites excluding steroid dienone is 1. The van der Waals surface area contributed by atoms with Gasteiger partial charge in [0.25, 0.3) is 10.1 Å². The van der Waals surface area contributed by atoms with E-state index in [-0.39, 0.29) is 29.2 Å². The van der Waals surface area contributed by atoms with Crippen molar-refractivity contribution in [1.29, 1.82) is 0 Å². The van der Waals surface area contributed by atoms with Crippen molar-refractivity contribution in [3.05, 3.63) is 97.5 Å². The maximum Gasteiger partial charge on any atom is 0.334 e. The third-order valence-corrected chi connectivity index (χ3v) is 8.46. The lowest BCUT2D eigenvalue weighted by molar-refractivity contribution is -0.150. The molecule has 6 nitrogen and oxygen atoms in total. The van der Waals surface area contributed by atoms with Crippen LogP contribution in [0, 0.1) is 0 Å². The smallest absolute Gasteiger partial charge is 0.334 e. The largest absolute Gasteiger partial charge is 0.479 e. The van der Waals surface area contributed by atoms with Gasteiger partial charge in [0.15, 0.2) is 5.54 Å². The summed E-state index contributed by atoms with van der Waals surface area (Å²) < 4.78 is 36.5. The van der Waals surface area contributed by atoms with Crippen LogP contribution in [0.15, 0.2) is 70.9 Å². The number of carbonyl (C=O) groups is 1. The first kappa shape index (κ1) is 23.7. The van der Waals surface area contributed by atoms with Crippen molar-refractivity contribution in [2.75, 3.05) is 6.54 Å². The number of hydrogen-bond donors (Lipinski definition) is 2. The van der Waals surface area contributed by atoms with Crippen LogP contribution in [0.25, 0.3) is 5.57 Å². The number of thiophene rings is 1. The average Bonchev–Trinajstić information content (AvgIpc) is 3.25. The second kappa shape index (κ2) is 9.04. The molecular weight excluding hydrogens is 482 g/mol. The van der Waals surface area contributed by atoms with Crippen LogP contribution in [0.2, 0.25) is 5.02 Å². The molecular formula is C24H22ClNO5S2. The van der Waals surface area contributed by atoms with E-state index in [9.17, 15) is 22.9 Å². The van der Waals surface area contributed by atoms with E-state index in [2.05, 4.69) is 0 Å². The number of halogens is 1. The molecule has 0 saturated heterocycles. The molecule has 1 aromatic heterocycles. The van der Waals surface area contributed by atoms with Crippen molar-refractivity contribution in [3.63, 3.8) is 0 Å². The first-order chi connectivity index (χ1) is 15.7. The highest BCUT2D eigenvalue weighted by Gasteiger charge is 2.56. The van der Waals surface area contributed by atoms with E-state index in [1.165, 1.54) is 19.1 Å². The Balaban J connectivity index is 2.11. The van der Waals surface area contributed by atoms with Gasteiger partial charge in [-0.05, 0) is 47.6 Å². The zero-order valence-corrected chi connectivity index (χ0v) is 20.1. The molecule has 0 bridgehead atoms. The molecule has 3 aromatic rings. The van der Waals surface area contributed by atoms with Gasteiger partial charge in [-0.1, -0.05) is 60.1 Å². The van der Waals surface area contributed by atoms with Gasteiger partial charge in [-0.25, -0.2) is 4.79 Å². The third kappa shape index (κ3) is 4.13. The van der Waals surface area contributed by atoms with Gasteiger partial charge in [-0.15, -0.1) is 11.3 Å². The van der Waals surface area contributed by atoms with Crippen molar-refractivity contribution in [2.45, 2.75) is 25.4 Å². The summed E-state index contributed by atoms with van der Waals surface area (Å²) in [6.45, 7) is 1.97. The van der Waals surface area contributed by atoms with Crippen LogP contribution in [-0.4, -0.2) is 35.5 Å². The number of rotatable bonds is 6. The zero-order chi connectivity index (χ0) is 23.8. The van der Waals surface area contributed by atoms with Gasteiger partial charge in [0.2, 0.25) is 0 Å². The molecule has 172 valence electrons. The minimum atomic E-state index is -4.99. The van der Waals surface area contributed by atoms with Crippen LogP contribution in [0.5, 0.6) is 0 Å². The van der Waals surface area contributed by atoms with E-state index in [0.717, 1.165) is 10.4 Å². The highest BCUT2D eigenvalue weighted by atomic mass is 35.5. The van der Waals surface area contributed by atoms with Gasteiger partial charge in [0.05, 0.1) is 0 Å². The molecule has 0 aliphatic carbocycles. The lowest BCUT2D eigenvalue weighted by Gasteiger charge is -2.44. The fourth-order valence-corrected chi connectivity index (χ4v) is 6.91. The van der Waals surface area contributed by atoms with Crippen LogP contribution >= 0.6 is 22.9 Å². The minimum absolute atomic E-state index is 0.0840. The fraction of sp³-hybridized carbons (Fsp3) is 0.208. The van der Waals surface area contributed by atoms with E-state index in [1.54, 1.807) is 58.7 Å². The Hall–Kier alpha value is -2.49. The first-order valence-electron chi connectivity index (χ1n) is 10.2. The van der Waals surface area contributed by atoms with E-state index in [0.29, 0.717) is 12.0 Å². The van der Waals surface area contributed by atoms with Crippen molar-refractivity contribution in [2.24, 2.45) is 0 Å². The minimum Gasteiger partial charge on any atom is -0.479 e. The molecule has 4 rings (SSSR count). The van der Waals surface area contributed by atoms with Crippen LogP contribution in [0.3, 0.4) is 0 Å². The molecule has 0 saturated carbocycles. The predicted octanol–water partition coefficient (Wildman–Crippen LogP) is 5.06. The van der Waals surface area contributed by atoms with Gasteiger partial charge in [0, 0.05) is 28.6 Å². The van der Waals surface area contributed by atoms with Crippen molar-refractivity contribution < 1.29 is 22.9 Å². The standard InChI is InChI=1S/C24H22ClNO5S2/c1-16(17-7-3-2-4-8-17)22(33(29,30)31)24(23(27)28,19-9-5-6-10-20(19)25)26-13-11-21-18(15-26)12-14-32-21/h2-10,12,14H,11,13,15H2,1H3,(H,27,28)(H,29,30,31)/t24-/m1/s1. The van der Waals surface area contributed by atoms with E-state index < -0.39 is 26.5 Å². The topological polar surface area (TPSA) is 94.9 Å². The third-order valence-electron chi connectivity index (χ3n) is 5.99.